The van der Waals surface area contributed by atoms with Crippen molar-refractivity contribution >= 4 is 31.5 Å². The first-order valence-corrected chi connectivity index (χ1v) is 8.86. The van der Waals surface area contributed by atoms with Crippen molar-refractivity contribution in [2.45, 2.75) is 44.2 Å². The van der Waals surface area contributed by atoms with Gasteiger partial charge in [0.2, 0.25) is 0 Å². The number of methoxy groups -OCH3 is 1. The second-order valence-corrected chi connectivity index (χ2v) is 8.83. The van der Waals surface area contributed by atoms with Crippen molar-refractivity contribution in [3.63, 3.8) is 0 Å². The average molecular weight is 372 g/mol. The molecule has 1 aromatic rings. The van der Waals surface area contributed by atoms with Crippen LogP contribution in [0.25, 0.3) is 0 Å². The van der Waals surface area contributed by atoms with Crippen molar-refractivity contribution in [2.24, 2.45) is 0 Å². The summed E-state index contributed by atoms with van der Waals surface area (Å²) in [7, 11) is 1.31. The molecular weight excluding hydrogens is 349 g/mol. The Morgan fingerprint density at radius 2 is 1.77 bits per heavy atom. The van der Waals surface area contributed by atoms with Crippen LogP contribution in [-0.4, -0.2) is 45.8 Å². The van der Waals surface area contributed by atoms with Crippen LogP contribution in [0.3, 0.4) is 0 Å². The predicted molar refractivity (Wildman–Crippen MR) is 86.4 cm³/mol. The second-order valence-electron chi connectivity index (χ2n) is 5.78. The van der Waals surface area contributed by atoms with Crippen LogP contribution in [0.1, 0.15) is 27.7 Å². The van der Waals surface area contributed by atoms with Gasteiger partial charge in [-0.15, -0.1) is 0 Å². The van der Waals surface area contributed by atoms with E-state index in [1.807, 2.05) is 37.3 Å². The van der Waals surface area contributed by atoms with E-state index in [2.05, 4.69) is 5.32 Å². The van der Waals surface area contributed by atoms with Crippen LogP contribution in [0.4, 0.5) is 4.79 Å². The van der Waals surface area contributed by atoms with E-state index in [4.69, 9.17) is 9.47 Å². The van der Waals surface area contributed by atoms with Crippen LogP contribution >= 0.6 is 0 Å². The average Bonchev–Trinajstić information content (AvgIpc) is 2.43. The van der Waals surface area contributed by atoms with Crippen molar-refractivity contribution in [3.05, 3.63) is 30.3 Å². The van der Waals surface area contributed by atoms with Crippen molar-refractivity contribution in [3.8, 4) is 0 Å². The zero-order chi connectivity index (χ0) is 16.8. The zero-order valence-electron chi connectivity index (χ0n) is 13.6. The number of amides is 1. The number of esters is 1. The fourth-order valence-electron chi connectivity index (χ4n) is 1.71. The Balaban J connectivity index is 2.75. The molecule has 1 amide bonds. The fraction of sp³-hybridized carbons (Fsp3) is 0.500. The molecule has 1 aromatic carbocycles. The SMILES string of the molecule is COC(=O)C(NC(=O)OC(C)(C)C)C(C)[Se]c1ccccc1. The summed E-state index contributed by atoms with van der Waals surface area (Å²) in [5.74, 6) is -0.462. The van der Waals surface area contributed by atoms with Crippen molar-refractivity contribution in [2.75, 3.05) is 7.11 Å². The summed E-state index contributed by atoms with van der Waals surface area (Å²) < 4.78 is 11.2. The third-order valence-corrected chi connectivity index (χ3v) is 5.16. The minimum atomic E-state index is -0.722. The van der Waals surface area contributed by atoms with Crippen molar-refractivity contribution in [1.29, 1.82) is 0 Å². The van der Waals surface area contributed by atoms with Gasteiger partial charge in [0.05, 0.1) is 0 Å². The first kappa shape index (κ1) is 18.5. The molecule has 0 radical (unpaired) electrons. The molecular formula is C16H23NO4Se. The number of ether oxygens (including phenoxy) is 2. The van der Waals surface area contributed by atoms with Crippen LogP contribution in [0, 0.1) is 0 Å². The summed E-state index contributed by atoms with van der Waals surface area (Å²) in [6.07, 6.45) is -0.612. The number of hydrogen-bond donors (Lipinski definition) is 1. The first-order valence-electron chi connectivity index (χ1n) is 7.02. The monoisotopic (exact) mass is 373 g/mol. The van der Waals surface area contributed by atoms with Crippen molar-refractivity contribution in [1.82, 2.24) is 5.32 Å². The van der Waals surface area contributed by atoms with E-state index in [9.17, 15) is 9.59 Å². The van der Waals surface area contributed by atoms with Gasteiger partial charge < -0.3 is 0 Å². The zero-order valence-corrected chi connectivity index (χ0v) is 15.3. The van der Waals surface area contributed by atoms with Crippen LogP contribution in [0.15, 0.2) is 30.3 Å². The molecule has 0 spiro atoms. The molecule has 0 aliphatic rings. The Kier molecular flexibility index (Phi) is 6.91. The van der Waals surface area contributed by atoms with Gasteiger partial charge in [0.1, 0.15) is 0 Å². The molecule has 122 valence electrons. The fourth-order valence-corrected chi connectivity index (χ4v) is 3.93. The molecule has 0 heterocycles. The van der Waals surface area contributed by atoms with E-state index in [0.717, 1.165) is 4.46 Å². The number of alkyl carbamates (subject to hydrolysis) is 1. The summed E-state index contributed by atoms with van der Waals surface area (Å²) in [6.45, 7) is 7.25. The summed E-state index contributed by atoms with van der Waals surface area (Å²) >= 11 is 0.0229. The molecule has 5 nitrogen and oxygen atoms in total. The quantitative estimate of drug-likeness (QED) is 0.633. The Morgan fingerprint density at radius 3 is 2.27 bits per heavy atom. The number of benzene rings is 1. The van der Waals surface area contributed by atoms with Gasteiger partial charge >= 0.3 is 137 Å². The van der Waals surface area contributed by atoms with Gasteiger partial charge in [0.15, 0.2) is 0 Å². The molecule has 2 unspecified atom stereocenters. The summed E-state index contributed by atoms with van der Waals surface area (Å²) in [6, 6.07) is 9.16. The van der Waals surface area contributed by atoms with Crippen LogP contribution in [0.2, 0.25) is 4.82 Å². The van der Waals surface area contributed by atoms with Crippen molar-refractivity contribution < 1.29 is 19.1 Å². The molecule has 0 aromatic heterocycles. The van der Waals surface area contributed by atoms with E-state index >= 15 is 0 Å². The summed E-state index contributed by atoms with van der Waals surface area (Å²) in [4.78, 5) is 23.8. The third-order valence-electron chi connectivity index (χ3n) is 2.66. The first-order chi connectivity index (χ1) is 10.2. The molecule has 0 bridgehead atoms. The topological polar surface area (TPSA) is 64.6 Å². The van der Waals surface area contributed by atoms with Crippen LogP contribution < -0.4 is 9.78 Å². The van der Waals surface area contributed by atoms with E-state index in [1.54, 1.807) is 20.8 Å². The molecule has 6 heteroatoms. The molecule has 0 fully saturated rings. The molecule has 1 rings (SSSR count). The molecule has 22 heavy (non-hydrogen) atoms. The minimum absolute atomic E-state index is 0.0229. The maximum absolute atomic E-state index is 12.0. The second kappa shape index (κ2) is 8.20. The predicted octanol–water partition coefficient (Wildman–Crippen LogP) is 1.89. The number of rotatable bonds is 5. The van der Waals surface area contributed by atoms with Gasteiger partial charge in [-0.25, -0.2) is 0 Å². The van der Waals surface area contributed by atoms with E-state index in [1.165, 1.54) is 7.11 Å². The number of carbonyl (C=O) groups excluding carboxylic acids is 2. The Bertz CT molecular complexity index is 499. The Labute approximate surface area is 137 Å². The maximum atomic E-state index is 12.0. The van der Waals surface area contributed by atoms with Gasteiger partial charge in [-0.1, -0.05) is 0 Å². The van der Waals surface area contributed by atoms with Gasteiger partial charge in [-0.2, -0.15) is 0 Å². The molecule has 1 N–H and O–H groups in total. The van der Waals surface area contributed by atoms with Gasteiger partial charge in [-0.05, 0) is 0 Å². The summed E-state index contributed by atoms with van der Waals surface area (Å²) in [5.41, 5.74) is -0.613. The number of hydrogen-bond acceptors (Lipinski definition) is 4. The van der Waals surface area contributed by atoms with Crippen LogP contribution in [-0.2, 0) is 14.3 Å². The molecule has 0 saturated carbocycles. The molecule has 0 aliphatic carbocycles. The van der Waals surface area contributed by atoms with E-state index in [0.29, 0.717) is 0 Å². The molecule has 0 aliphatic heterocycles. The van der Waals surface area contributed by atoms with Gasteiger partial charge in [-0.3, -0.25) is 0 Å². The third kappa shape index (κ3) is 6.50. The standard InChI is InChI=1S/C16H23NO4Se/c1-11(22-12-9-7-6-8-10-12)13(14(18)20-5)17-15(19)21-16(2,3)4/h6-11,13H,1-5H3,(H,17,19). The van der Waals surface area contributed by atoms with Gasteiger partial charge in [0, 0.05) is 0 Å². The molecule has 0 saturated heterocycles. The normalized spacial score (nSPS) is 13.9. The van der Waals surface area contributed by atoms with E-state index < -0.39 is 23.7 Å². The Hall–Kier alpha value is -1.52. The number of carbonyl (C=O) groups is 2. The molecule has 2 atom stereocenters. The van der Waals surface area contributed by atoms with Crippen LogP contribution in [0.5, 0.6) is 0 Å². The van der Waals surface area contributed by atoms with Gasteiger partial charge in [0.25, 0.3) is 0 Å². The Morgan fingerprint density at radius 1 is 1.18 bits per heavy atom. The summed E-state index contributed by atoms with van der Waals surface area (Å²) in [5, 5.41) is 2.62. The van der Waals surface area contributed by atoms with E-state index in [-0.39, 0.29) is 19.8 Å². The number of nitrogens with one attached hydrogen (secondary N) is 1.